The van der Waals surface area contributed by atoms with Crippen molar-refractivity contribution in [1.29, 1.82) is 0 Å². The fraction of sp³-hybridized carbons (Fsp3) is 0.500. The molecular formula is C8H12N2O4S. The Hall–Kier alpha value is -1.02. The third-order valence-electron chi connectivity index (χ3n) is 1.74. The molecule has 1 aromatic rings. The van der Waals surface area contributed by atoms with Crippen molar-refractivity contribution in [3.8, 4) is 0 Å². The van der Waals surface area contributed by atoms with Crippen molar-refractivity contribution in [2.24, 2.45) is 0 Å². The minimum absolute atomic E-state index is 0.106. The fourth-order valence-electron chi connectivity index (χ4n) is 0.999. The highest BCUT2D eigenvalue weighted by Gasteiger charge is 2.09. The second-order valence-electron chi connectivity index (χ2n) is 3.02. The van der Waals surface area contributed by atoms with Gasteiger partial charge in [0.2, 0.25) is 0 Å². The summed E-state index contributed by atoms with van der Waals surface area (Å²) in [7, 11) is 0. The Morgan fingerprint density at radius 1 is 1.67 bits per heavy atom. The zero-order chi connectivity index (χ0) is 11.3. The fourth-order valence-corrected chi connectivity index (χ4v) is 1.73. The van der Waals surface area contributed by atoms with Gasteiger partial charge in [-0.05, 0) is 5.56 Å². The topological polar surface area (TPSA) is 95.6 Å². The van der Waals surface area contributed by atoms with Gasteiger partial charge in [0.25, 0.3) is 0 Å². The molecule has 7 heteroatoms. The average molecular weight is 232 g/mol. The van der Waals surface area contributed by atoms with Crippen LogP contribution in [0, 0.1) is 10.1 Å². The molecule has 0 saturated carbocycles. The Bertz CT molecular complexity index is 328. The molecule has 0 aromatic carbocycles. The summed E-state index contributed by atoms with van der Waals surface area (Å²) in [6.07, 6.45) is -0.793. The van der Waals surface area contributed by atoms with Crippen molar-refractivity contribution in [3.05, 3.63) is 27.1 Å². The van der Waals surface area contributed by atoms with Crippen LogP contribution in [-0.2, 0) is 6.54 Å². The van der Waals surface area contributed by atoms with Crippen molar-refractivity contribution < 1.29 is 15.1 Å². The summed E-state index contributed by atoms with van der Waals surface area (Å²) in [5, 5.41) is 32.6. The highest BCUT2D eigenvalue weighted by Crippen LogP contribution is 2.22. The van der Waals surface area contributed by atoms with Gasteiger partial charge in [-0.25, -0.2) is 0 Å². The molecule has 0 spiro atoms. The van der Waals surface area contributed by atoms with Crippen LogP contribution in [0.2, 0.25) is 0 Å². The maximum absolute atomic E-state index is 10.4. The van der Waals surface area contributed by atoms with E-state index in [1.54, 1.807) is 5.38 Å². The molecule has 0 bridgehead atoms. The highest BCUT2D eigenvalue weighted by atomic mass is 32.1. The Morgan fingerprint density at radius 2 is 2.40 bits per heavy atom. The molecule has 1 aromatic heterocycles. The monoisotopic (exact) mass is 232 g/mol. The van der Waals surface area contributed by atoms with E-state index in [0.717, 1.165) is 16.9 Å². The molecule has 6 nitrogen and oxygen atoms in total. The molecule has 0 aliphatic carbocycles. The van der Waals surface area contributed by atoms with E-state index < -0.39 is 11.0 Å². The lowest BCUT2D eigenvalue weighted by molar-refractivity contribution is -0.380. The number of aliphatic hydroxyl groups is 2. The SMILES string of the molecule is O=[N+]([O-])c1cc(CNCC(O)CO)cs1. The first-order chi connectivity index (χ1) is 7.13. The second-order valence-corrected chi connectivity index (χ2v) is 3.91. The van der Waals surface area contributed by atoms with E-state index in [9.17, 15) is 10.1 Å². The van der Waals surface area contributed by atoms with Crippen LogP contribution in [0.1, 0.15) is 5.56 Å². The van der Waals surface area contributed by atoms with Crippen LogP contribution in [0.25, 0.3) is 0 Å². The van der Waals surface area contributed by atoms with E-state index in [0.29, 0.717) is 6.54 Å². The standard InChI is InChI=1S/C8H12N2O4S/c11-4-7(12)3-9-2-6-1-8(10(13)14)15-5-6/h1,5,7,9,11-12H,2-4H2. The van der Waals surface area contributed by atoms with Gasteiger partial charge in [-0.2, -0.15) is 0 Å². The first-order valence-electron chi connectivity index (χ1n) is 4.35. The number of hydrogen-bond acceptors (Lipinski definition) is 6. The summed E-state index contributed by atoms with van der Waals surface area (Å²) in [5.41, 5.74) is 0.803. The lowest BCUT2D eigenvalue weighted by Crippen LogP contribution is -2.28. The third-order valence-corrected chi connectivity index (χ3v) is 2.67. The van der Waals surface area contributed by atoms with Gasteiger partial charge in [0, 0.05) is 24.5 Å². The number of nitrogens with one attached hydrogen (secondary N) is 1. The highest BCUT2D eigenvalue weighted by molar-refractivity contribution is 7.13. The van der Waals surface area contributed by atoms with E-state index in [1.165, 1.54) is 6.07 Å². The lowest BCUT2D eigenvalue weighted by atomic mass is 10.3. The molecule has 0 aliphatic heterocycles. The predicted molar refractivity (Wildman–Crippen MR) is 55.8 cm³/mol. The van der Waals surface area contributed by atoms with Gasteiger partial charge in [0.1, 0.15) is 0 Å². The van der Waals surface area contributed by atoms with Gasteiger partial charge in [-0.3, -0.25) is 10.1 Å². The molecule has 3 N–H and O–H groups in total. The maximum Gasteiger partial charge on any atom is 0.324 e. The van der Waals surface area contributed by atoms with Crippen molar-refractivity contribution in [2.45, 2.75) is 12.6 Å². The molecular weight excluding hydrogens is 220 g/mol. The number of aliphatic hydroxyl groups excluding tert-OH is 2. The molecule has 84 valence electrons. The molecule has 0 aliphatic rings. The van der Waals surface area contributed by atoms with Gasteiger partial charge in [0.05, 0.1) is 17.6 Å². The minimum Gasteiger partial charge on any atom is -0.394 e. The number of rotatable bonds is 6. The summed E-state index contributed by atoms with van der Waals surface area (Å²) in [6, 6.07) is 1.49. The van der Waals surface area contributed by atoms with Gasteiger partial charge in [0.15, 0.2) is 0 Å². The molecule has 0 amide bonds. The zero-order valence-electron chi connectivity index (χ0n) is 7.92. The Morgan fingerprint density at radius 3 is 2.93 bits per heavy atom. The maximum atomic E-state index is 10.4. The molecule has 1 atom stereocenters. The number of hydrogen-bond donors (Lipinski definition) is 3. The van der Waals surface area contributed by atoms with Crippen LogP contribution >= 0.6 is 11.3 Å². The summed E-state index contributed by atoms with van der Waals surface area (Å²) >= 11 is 1.07. The normalized spacial score (nSPS) is 12.7. The minimum atomic E-state index is -0.793. The van der Waals surface area contributed by atoms with Crippen molar-refractivity contribution in [1.82, 2.24) is 5.32 Å². The van der Waals surface area contributed by atoms with Crippen LogP contribution in [0.4, 0.5) is 5.00 Å². The van der Waals surface area contributed by atoms with Crippen LogP contribution < -0.4 is 5.32 Å². The quantitative estimate of drug-likeness (QED) is 0.477. The first kappa shape index (κ1) is 12.1. The molecule has 15 heavy (non-hydrogen) atoms. The predicted octanol–water partition coefficient (Wildman–Crippen LogP) is 0.0991. The average Bonchev–Trinajstić information content (AvgIpc) is 2.66. The second kappa shape index (κ2) is 5.76. The number of nitro groups is 1. The zero-order valence-corrected chi connectivity index (χ0v) is 8.74. The van der Waals surface area contributed by atoms with Crippen molar-refractivity contribution in [3.63, 3.8) is 0 Å². The number of nitrogens with zero attached hydrogens (tertiary/aromatic N) is 1. The van der Waals surface area contributed by atoms with Gasteiger partial charge in [-0.1, -0.05) is 11.3 Å². The Labute approximate surface area is 90.3 Å². The van der Waals surface area contributed by atoms with Crippen LogP contribution in [0.5, 0.6) is 0 Å². The molecule has 0 saturated heterocycles. The van der Waals surface area contributed by atoms with E-state index in [-0.39, 0.29) is 18.2 Å². The Balaban J connectivity index is 2.35. The Kier molecular flexibility index (Phi) is 4.63. The van der Waals surface area contributed by atoms with E-state index >= 15 is 0 Å². The molecule has 0 radical (unpaired) electrons. The van der Waals surface area contributed by atoms with Crippen molar-refractivity contribution in [2.75, 3.05) is 13.2 Å². The van der Waals surface area contributed by atoms with E-state index in [1.807, 2.05) is 0 Å². The summed E-state index contributed by atoms with van der Waals surface area (Å²) in [4.78, 5) is 9.93. The molecule has 1 unspecified atom stereocenters. The van der Waals surface area contributed by atoms with E-state index in [4.69, 9.17) is 10.2 Å². The molecule has 0 fully saturated rings. The van der Waals surface area contributed by atoms with Crippen molar-refractivity contribution >= 4 is 16.3 Å². The molecule has 1 heterocycles. The summed E-state index contributed by atoms with van der Waals surface area (Å²) in [5.74, 6) is 0. The van der Waals surface area contributed by atoms with Gasteiger partial charge >= 0.3 is 5.00 Å². The van der Waals surface area contributed by atoms with Crippen LogP contribution in [0.3, 0.4) is 0 Å². The van der Waals surface area contributed by atoms with Gasteiger partial charge in [-0.15, -0.1) is 0 Å². The number of thiophene rings is 1. The first-order valence-corrected chi connectivity index (χ1v) is 5.23. The van der Waals surface area contributed by atoms with Crippen LogP contribution in [-0.4, -0.2) is 34.4 Å². The third kappa shape index (κ3) is 3.92. The summed E-state index contributed by atoms with van der Waals surface area (Å²) in [6.45, 7) is 0.415. The smallest absolute Gasteiger partial charge is 0.324 e. The summed E-state index contributed by atoms with van der Waals surface area (Å²) < 4.78 is 0. The van der Waals surface area contributed by atoms with E-state index in [2.05, 4.69) is 5.32 Å². The largest absolute Gasteiger partial charge is 0.394 e. The van der Waals surface area contributed by atoms with Gasteiger partial charge < -0.3 is 15.5 Å². The van der Waals surface area contributed by atoms with Crippen LogP contribution in [0.15, 0.2) is 11.4 Å². The lowest BCUT2D eigenvalue weighted by Gasteiger charge is -2.07. The molecule has 1 rings (SSSR count).